The standard InChI is InChI=1S/C22H30O2S.C21H22N4O.C15H16O4S.C14H14O2S.C12H10O3/c1-13-9-15(11-17(19(13)23)21(3,4)5)25-16-10-14(2)20(24)18(12-16)22(6,7)8;26-21(24-17-7-1-5-15(13-17)19-9-3-11-22-19)25-18-8-2-6-16(14-18)20-10-4-12-23-20;1-9-8-12(4-5-13(9)16)20(18,19)15-7-6-14(17)10(2)11(15)3;1-9-7-11(15)3-5-13(9)17-14-6-4-12(16)8-10(14)2;13-9-1-5-11(6-2-9)15-12-7-3-10(14)4-8-12/h9-12,23-24H,1-8H3;1-2,5-9,13-14,22H,3-4,10-12H2,(H2,24,25,26);4-8,16-17H,1-3H3;3-8,15-16H,1-2H3;1-8,13-14H. The zero-order valence-corrected chi connectivity index (χ0v) is 62.8. The highest BCUT2D eigenvalue weighted by molar-refractivity contribution is 7.99. The Morgan fingerprint density at radius 2 is 0.981 bits per heavy atom. The summed E-state index contributed by atoms with van der Waals surface area (Å²) >= 11 is 3.31. The smallest absolute Gasteiger partial charge is 0.323 e. The number of benzene rings is 10. The Hall–Kier alpha value is -10.5. The van der Waals surface area contributed by atoms with E-state index in [1.54, 1.807) is 117 Å². The average Bonchev–Trinajstić information content (AvgIpc) is 1.50. The second-order valence-electron chi connectivity index (χ2n) is 27.3. The molecule has 0 saturated heterocycles. The Morgan fingerprint density at radius 3 is 1.44 bits per heavy atom. The summed E-state index contributed by atoms with van der Waals surface area (Å²) in [7, 11) is -3.67. The van der Waals surface area contributed by atoms with E-state index in [1.165, 1.54) is 30.3 Å². The Labute approximate surface area is 613 Å². The molecule has 0 unspecified atom stereocenters. The first-order valence-corrected chi connectivity index (χ1v) is 36.7. The molecule has 10 aromatic rings. The first-order chi connectivity index (χ1) is 48.6. The van der Waals surface area contributed by atoms with E-state index in [0.29, 0.717) is 39.7 Å². The molecule has 538 valence electrons. The third-order valence-electron chi connectivity index (χ3n) is 16.9. The van der Waals surface area contributed by atoms with Gasteiger partial charge in [0, 0.05) is 66.6 Å². The molecule has 10 aromatic carbocycles. The number of carbonyl (C=O) groups excluding carboxylic acids is 1. The number of amides is 2. The minimum Gasteiger partial charge on any atom is -0.508 e. The molecule has 12 rings (SSSR count). The van der Waals surface area contributed by atoms with Crippen LogP contribution in [-0.2, 0) is 20.7 Å². The lowest BCUT2D eigenvalue weighted by Gasteiger charge is -2.24. The quantitative estimate of drug-likeness (QED) is 0.0543. The molecule has 103 heavy (non-hydrogen) atoms. The van der Waals surface area contributed by atoms with Crippen molar-refractivity contribution in [3.8, 4) is 57.5 Å². The summed E-state index contributed by atoms with van der Waals surface area (Å²) in [6, 6.07) is 54.2. The van der Waals surface area contributed by atoms with Gasteiger partial charge in [0.2, 0.25) is 9.84 Å². The van der Waals surface area contributed by atoms with E-state index in [0.717, 1.165) is 119 Å². The van der Waals surface area contributed by atoms with Gasteiger partial charge < -0.3 is 61.5 Å². The number of phenols is 8. The van der Waals surface area contributed by atoms with E-state index in [9.17, 15) is 43.9 Å². The number of aryl methyl sites for hydroxylation is 5. The summed E-state index contributed by atoms with van der Waals surface area (Å²) in [5.41, 5.74) is 13.1. The van der Waals surface area contributed by atoms with E-state index in [4.69, 9.17) is 14.9 Å². The molecule has 2 amide bonds. The highest BCUT2D eigenvalue weighted by Crippen LogP contribution is 2.43. The number of aromatic hydroxyl groups is 8. The Kier molecular flexibility index (Phi) is 26.2. The lowest BCUT2D eigenvalue weighted by Crippen LogP contribution is -2.19. The number of ether oxygens (including phenoxy) is 1. The lowest BCUT2D eigenvalue weighted by molar-refractivity contribution is 0.262. The van der Waals surface area contributed by atoms with Crippen molar-refractivity contribution in [2.45, 2.75) is 149 Å². The number of hydrogen-bond acceptors (Lipinski definition) is 16. The average molecular weight is 1450 g/mol. The minimum atomic E-state index is -3.67. The van der Waals surface area contributed by atoms with Crippen LogP contribution in [0.2, 0.25) is 0 Å². The molecule has 0 bridgehead atoms. The number of nitrogens with one attached hydrogen (secondary N) is 3. The SMILES string of the molecule is Cc1cc(O)ccc1Sc1ccc(O)cc1C.Cc1cc(S(=O)(=O)c2ccc(O)c(C)c2C)ccc1O.Cc1cc(Sc2cc(C)c(O)c(C(C)(C)C)c2)cc(C(C)(C)C)c1O.O=C(Nc1cccc(C2=CCCN2)c1)Nc1cccc(C2=NCCC2)c1.Oc1ccc(Oc2ccc(O)cc2)cc1. The van der Waals surface area contributed by atoms with Crippen LogP contribution in [0.15, 0.2) is 228 Å². The molecule has 11 N–H and O–H groups in total. The van der Waals surface area contributed by atoms with E-state index in [-0.39, 0.29) is 61.1 Å². The summed E-state index contributed by atoms with van der Waals surface area (Å²) < 4.78 is 30.7. The summed E-state index contributed by atoms with van der Waals surface area (Å²) in [6.45, 7) is 27.3. The van der Waals surface area contributed by atoms with Crippen molar-refractivity contribution in [1.29, 1.82) is 0 Å². The van der Waals surface area contributed by atoms with Gasteiger partial charge >= 0.3 is 6.03 Å². The maximum Gasteiger partial charge on any atom is 0.323 e. The highest BCUT2D eigenvalue weighted by atomic mass is 32.2. The topological polar surface area (TPSA) is 271 Å². The van der Waals surface area contributed by atoms with Gasteiger partial charge in [-0.1, -0.05) is 95.4 Å². The molecule has 19 heteroatoms. The van der Waals surface area contributed by atoms with Gasteiger partial charge in [-0.15, -0.1) is 0 Å². The molecule has 0 saturated carbocycles. The van der Waals surface area contributed by atoms with Crippen molar-refractivity contribution < 1.29 is 58.8 Å². The third kappa shape index (κ3) is 21.8. The summed E-state index contributed by atoms with van der Waals surface area (Å²) in [6.07, 6.45) is 5.33. The van der Waals surface area contributed by atoms with Crippen LogP contribution in [-0.4, -0.2) is 74.1 Å². The van der Waals surface area contributed by atoms with Crippen molar-refractivity contribution in [2.75, 3.05) is 23.7 Å². The van der Waals surface area contributed by atoms with Gasteiger partial charge in [-0.25, -0.2) is 13.2 Å². The molecule has 0 fully saturated rings. The van der Waals surface area contributed by atoms with Crippen molar-refractivity contribution in [3.63, 3.8) is 0 Å². The predicted molar refractivity (Wildman–Crippen MR) is 416 cm³/mol. The van der Waals surface area contributed by atoms with Crippen LogP contribution in [0.4, 0.5) is 16.2 Å². The molecular formula is C84H92N4O12S3. The van der Waals surface area contributed by atoms with E-state index >= 15 is 0 Å². The van der Waals surface area contributed by atoms with E-state index < -0.39 is 9.84 Å². The van der Waals surface area contributed by atoms with Gasteiger partial charge in [-0.3, -0.25) is 4.99 Å². The Bertz CT molecular complexity index is 4620. The van der Waals surface area contributed by atoms with Crippen LogP contribution in [0.1, 0.15) is 122 Å². The number of nitrogens with zero attached hydrogens (tertiary/aromatic N) is 1. The molecule has 0 atom stereocenters. The van der Waals surface area contributed by atoms with Gasteiger partial charge in [-0.2, -0.15) is 0 Å². The maximum absolute atomic E-state index is 12.6. The third-order valence-corrected chi connectivity index (χ3v) is 21.1. The molecule has 2 aliphatic heterocycles. The number of anilines is 2. The fraction of sp³-hybridized carbons (Fsp3) is 0.238. The molecule has 0 radical (unpaired) electrons. The van der Waals surface area contributed by atoms with Crippen molar-refractivity contribution in [2.24, 2.45) is 4.99 Å². The van der Waals surface area contributed by atoms with Crippen LogP contribution in [0, 0.1) is 48.5 Å². The zero-order valence-electron chi connectivity index (χ0n) is 60.4. The number of sulfone groups is 1. The summed E-state index contributed by atoms with van der Waals surface area (Å²) in [4.78, 5) is 21.6. The van der Waals surface area contributed by atoms with E-state index in [1.807, 2.05) is 100 Å². The maximum atomic E-state index is 12.6. The van der Waals surface area contributed by atoms with Gasteiger partial charge in [0.05, 0.1) is 9.79 Å². The van der Waals surface area contributed by atoms with Crippen LogP contribution < -0.4 is 20.7 Å². The van der Waals surface area contributed by atoms with Crippen molar-refractivity contribution in [3.05, 3.63) is 255 Å². The molecule has 2 heterocycles. The normalized spacial score (nSPS) is 12.4. The fourth-order valence-electron chi connectivity index (χ4n) is 11.0. The first kappa shape index (κ1) is 78.3. The van der Waals surface area contributed by atoms with Crippen LogP contribution in [0.3, 0.4) is 0 Å². The van der Waals surface area contributed by atoms with Crippen molar-refractivity contribution >= 4 is 62.2 Å². The van der Waals surface area contributed by atoms with Crippen LogP contribution in [0.25, 0.3) is 5.70 Å². The zero-order chi connectivity index (χ0) is 75.1. The molecule has 16 nitrogen and oxygen atoms in total. The first-order valence-electron chi connectivity index (χ1n) is 33.6. The Morgan fingerprint density at radius 1 is 0.495 bits per heavy atom. The molecular weight excluding hydrogens is 1350 g/mol. The molecule has 0 aromatic heterocycles. The molecule has 2 aliphatic rings. The second-order valence-corrected chi connectivity index (χ2v) is 31.4. The van der Waals surface area contributed by atoms with Gasteiger partial charge in [-0.05, 0) is 292 Å². The second kappa shape index (κ2) is 34.5. The lowest BCUT2D eigenvalue weighted by atomic mass is 9.85. The monoisotopic (exact) mass is 1440 g/mol. The number of urea groups is 1. The van der Waals surface area contributed by atoms with Gasteiger partial charge in [0.15, 0.2) is 0 Å². The summed E-state index contributed by atoms with van der Waals surface area (Å²) in [5.74, 6) is 3.15. The van der Waals surface area contributed by atoms with Gasteiger partial charge in [0.25, 0.3) is 0 Å². The summed E-state index contributed by atoms with van der Waals surface area (Å²) in [5, 5.41) is 85.9. The predicted octanol–water partition coefficient (Wildman–Crippen LogP) is 20.3. The number of hydrogen-bond donors (Lipinski definition) is 11. The molecule has 0 spiro atoms. The Balaban J connectivity index is 0.000000165. The van der Waals surface area contributed by atoms with Crippen LogP contribution >= 0.6 is 23.5 Å². The van der Waals surface area contributed by atoms with E-state index in [2.05, 4.69) is 80.7 Å². The van der Waals surface area contributed by atoms with Gasteiger partial charge in [0.1, 0.15) is 57.5 Å². The fourth-order valence-corrected chi connectivity index (χ4v) is 14.7. The number of phenolic OH excluding ortho intramolecular Hbond substituents is 8. The minimum absolute atomic E-state index is 0.0579. The molecule has 0 aliphatic carbocycles. The number of aliphatic imine (C=N–C) groups is 1. The highest BCUT2D eigenvalue weighted by Gasteiger charge is 2.25. The number of rotatable bonds is 12. The number of carbonyl (C=O) groups is 1. The van der Waals surface area contributed by atoms with Crippen LogP contribution in [0.5, 0.6) is 57.5 Å². The largest absolute Gasteiger partial charge is 0.508 e. The van der Waals surface area contributed by atoms with Crippen molar-refractivity contribution in [1.82, 2.24) is 5.32 Å².